The van der Waals surface area contributed by atoms with Crippen LogP contribution in [0.5, 0.6) is 0 Å². The molecule has 1 aliphatic heterocycles. The third-order valence-electron chi connectivity index (χ3n) is 4.26. The monoisotopic (exact) mass is 432 g/mol. The Kier molecular flexibility index (Phi) is 7.18. The summed E-state index contributed by atoms with van der Waals surface area (Å²) in [4.78, 5) is 37.5. The fourth-order valence-electron chi connectivity index (χ4n) is 3.04. The number of carbonyl (C=O) groups is 3. The lowest BCUT2D eigenvalue weighted by Crippen LogP contribution is -2.42. The smallest absolute Gasteiger partial charge is 0.348 e. The summed E-state index contributed by atoms with van der Waals surface area (Å²) in [5.41, 5.74) is 0.427. The zero-order chi connectivity index (χ0) is 21.1. The Morgan fingerprint density at radius 3 is 2.36 bits per heavy atom. The lowest BCUT2D eigenvalue weighted by atomic mass is 10.1. The molecule has 0 aliphatic carbocycles. The molecule has 1 saturated heterocycles. The Balaban J connectivity index is 2.38. The summed E-state index contributed by atoms with van der Waals surface area (Å²) in [6.07, 6.45) is 1.99. The van der Waals surface area contributed by atoms with Gasteiger partial charge in [0.15, 0.2) is 0 Å². The van der Waals surface area contributed by atoms with Crippen LogP contribution >= 0.6 is 11.3 Å². The van der Waals surface area contributed by atoms with E-state index < -0.39 is 33.9 Å². The highest BCUT2D eigenvalue weighted by Crippen LogP contribution is 2.35. The summed E-state index contributed by atoms with van der Waals surface area (Å²) in [7, 11) is -3.54. The van der Waals surface area contributed by atoms with Gasteiger partial charge in [-0.15, -0.1) is 11.3 Å². The number of hydrogen-bond acceptors (Lipinski definition) is 8. The van der Waals surface area contributed by atoms with Crippen molar-refractivity contribution in [1.29, 1.82) is 0 Å². The molecule has 2 heterocycles. The standard InChI is InChI=1S/C17H24N2O7S2/c1-5-25-16(21)12-10(3)13(17(22)26-6-2)27-15(12)18-14(20)11-8-7-9-19(11)28(4,23)24/h11H,5-9H2,1-4H3,(H,18,20)/t11-/m0/s1. The van der Waals surface area contributed by atoms with Crippen LogP contribution in [-0.2, 0) is 24.3 Å². The second kappa shape index (κ2) is 9.01. The van der Waals surface area contributed by atoms with Gasteiger partial charge in [0, 0.05) is 6.54 Å². The molecule has 0 aromatic carbocycles. The Bertz CT molecular complexity index is 876. The predicted octanol–water partition coefficient (Wildman–Crippen LogP) is 1.77. The summed E-state index contributed by atoms with van der Waals surface area (Å²) < 4.78 is 35.0. The van der Waals surface area contributed by atoms with Crippen molar-refractivity contribution < 1.29 is 32.3 Å². The third-order valence-corrected chi connectivity index (χ3v) is 6.73. The van der Waals surface area contributed by atoms with Crippen molar-refractivity contribution in [3.63, 3.8) is 0 Å². The molecule has 0 bridgehead atoms. The highest BCUT2D eigenvalue weighted by atomic mass is 32.2. The summed E-state index contributed by atoms with van der Waals surface area (Å²) in [5, 5.41) is 2.76. The molecule has 0 unspecified atom stereocenters. The highest BCUT2D eigenvalue weighted by Gasteiger charge is 2.37. The molecule has 2 rings (SSSR count). The van der Waals surface area contributed by atoms with Crippen molar-refractivity contribution >= 4 is 44.2 Å². The maximum absolute atomic E-state index is 12.7. The van der Waals surface area contributed by atoms with Gasteiger partial charge in [-0.1, -0.05) is 0 Å². The van der Waals surface area contributed by atoms with Crippen LogP contribution in [0, 0.1) is 6.92 Å². The molecule has 0 radical (unpaired) electrons. The number of nitrogens with zero attached hydrogens (tertiary/aromatic N) is 1. The molecule has 1 atom stereocenters. The molecule has 1 N–H and O–H groups in total. The van der Waals surface area contributed by atoms with E-state index in [-0.39, 0.29) is 35.2 Å². The normalized spacial score (nSPS) is 17.4. The van der Waals surface area contributed by atoms with Crippen LogP contribution in [0.2, 0.25) is 0 Å². The van der Waals surface area contributed by atoms with E-state index in [0.717, 1.165) is 21.9 Å². The minimum atomic E-state index is -3.54. The Labute approximate surface area is 168 Å². The third kappa shape index (κ3) is 4.70. The number of ether oxygens (including phenoxy) is 2. The zero-order valence-corrected chi connectivity index (χ0v) is 17.9. The van der Waals surface area contributed by atoms with Crippen LogP contribution in [0.4, 0.5) is 5.00 Å². The number of nitrogens with one attached hydrogen (secondary N) is 1. The summed E-state index contributed by atoms with van der Waals surface area (Å²) >= 11 is 0.909. The molecule has 0 saturated carbocycles. The van der Waals surface area contributed by atoms with Crippen LogP contribution in [0.25, 0.3) is 0 Å². The molecule has 156 valence electrons. The first-order chi connectivity index (χ1) is 13.1. The van der Waals surface area contributed by atoms with Gasteiger partial charge >= 0.3 is 11.9 Å². The number of rotatable bonds is 7. The quantitative estimate of drug-likeness (QED) is 0.652. The van der Waals surface area contributed by atoms with Gasteiger partial charge in [0.2, 0.25) is 15.9 Å². The molecule has 1 fully saturated rings. The van der Waals surface area contributed by atoms with Crippen LogP contribution in [0.15, 0.2) is 0 Å². The average Bonchev–Trinajstić information content (AvgIpc) is 3.20. The van der Waals surface area contributed by atoms with Gasteiger partial charge in [-0.05, 0) is 39.2 Å². The van der Waals surface area contributed by atoms with E-state index in [9.17, 15) is 22.8 Å². The first-order valence-corrected chi connectivity index (χ1v) is 11.5. The molecule has 11 heteroatoms. The number of anilines is 1. The Hall–Kier alpha value is -1.98. The lowest BCUT2D eigenvalue weighted by Gasteiger charge is -2.21. The molecule has 1 amide bonds. The summed E-state index contributed by atoms with van der Waals surface area (Å²) in [5.74, 6) is -1.83. The second-order valence-electron chi connectivity index (χ2n) is 6.22. The first kappa shape index (κ1) is 22.3. The van der Waals surface area contributed by atoms with Gasteiger partial charge in [0.05, 0.1) is 25.0 Å². The lowest BCUT2D eigenvalue weighted by molar-refractivity contribution is -0.119. The van der Waals surface area contributed by atoms with E-state index in [4.69, 9.17) is 9.47 Å². The van der Waals surface area contributed by atoms with Crippen molar-refractivity contribution in [1.82, 2.24) is 4.31 Å². The molecule has 28 heavy (non-hydrogen) atoms. The number of thiophene rings is 1. The van der Waals surface area contributed by atoms with E-state index in [0.29, 0.717) is 18.4 Å². The van der Waals surface area contributed by atoms with Gasteiger partial charge in [-0.25, -0.2) is 18.0 Å². The van der Waals surface area contributed by atoms with Gasteiger partial charge in [0.1, 0.15) is 15.9 Å². The van der Waals surface area contributed by atoms with E-state index in [1.807, 2.05) is 0 Å². The molecule has 1 aromatic heterocycles. The van der Waals surface area contributed by atoms with E-state index in [1.54, 1.807) is 20.8 Å². The fraction of sp³-hybridized carbons (Fsp3) is 0.588. The number of amides is 1. The van der Waals surface area contributed by atoms with Crippen molar-refractivity contribution in [2.45, 2.75) is 39.7 Å². The average molecular weight is 433 g/mol. The molecule has 1 aliphatic rings. The van der Waals surface area contributed by atoms with Gasteiger partial charge < -0.3 is 14.8 Å². The van der Waals surface area contributed by atoms with E-state index in [2.05, 4.69) is 5.32 Å². The predicted molar refractivity (Wildman–Crippen MR) is 104 cm³/mol. The van der Waals surface area contributed by atoms with Crippen LogP contribution in [-0.4, -0.2) is 62.6 Å². The number of hydrogen-bond donors (Lipinski definition) is 1. The highest BCUT2D eigenvalue weighted by molar-refractivity contribution is 7.88. The minimum absolute atomic E-state index is 0.0761. The number of sulfonamides is 1. The molecule has 1 aromatic rings. The topological polar surface area (TPSA) is 119 Å². The zero-order valence-electron chi connectivity index (χ0n) is 16.2. The largest absolute Gasteiger partial charge is 0.462 e. The van der Waals surface area contributed by atoms with E-state index in [1.165, 1.54) is 0 Å². The number of carbonyl (C=O) groups excluding carboxylic acids is 3. The summed E-state index contributed by atoms with van der Waals surface area (Å²) in [6.45, 7) is 5.43. The van der Waals surface area contributed by atoms with Gasteiger partial charge in [-0.2, -0.15) is 4.31 Å². The Morgan fingerprint density at radius 1 is 1.18 bits per heavy atom. The van der Waals surface area contributed by atoms with Crippen LogP contribution in [0.1, 0.15) is 52.3 Å². The van der Waals surface area contributed by atoms with Gasteiger partial charge in [0.25, 0.3) is 0 Å². The second-order valence-corrected chi connectivity index (χ2v) is 9.18. The maximum atomic E-state index is 12.7. The molecular formula is C17H24N2O7S2. The molecular weight excluding hydrogens is 408 g/mol. The minimum Gasteiger partial charge on any atom is -0.462 e. The maximum Gasteiger partial charge on any atom is 0.348 e. The fourth-order valence-corrected chi connectivity index (χ4v) is 5.25. The number of esters is 2. The summed E-state index contributed by atoms with van der Waals surface area (Å²) in [6, 6.07) is -0.863. The van der Waals surface area contributed by atoms with Crippen molar-refractivity contribution in [3.05, 3.63) is 16.0 Å². The van der Waals surface area contributed by atoms with Gasteiger partial charge in [-0.3, -0.25) is 4.79 Å². The van der Waals surface area contributed by atoms with E-state index >= 15 is 0 Å². The SMILES string of the molecule is CCOC(=O)c1sc(NC(=O)[C@@H]2CCCN2S(C)(=O)=O)c(C(=O)OCC)c1C. The van der Waals surface area contributed by atoms with Crippen LogP contribution < -0.4 is 5.32 Å². The van der Waals surface area contributed by atoms with Crippen molar-refractivity contribution in [3.8, 4) is 0 Å². The van der Waals surface area contributed by atoms with Crippen molar-refractivity contribution in [2.24, 2.45) is 0 Å². The first-order valence-electron chi connectivity index (χ1n) is 8.87. The molecule has 0 spiro atoms. The van der Waals surface area contributed by atoms with Crippen molar-refractivity contribution in [2.75, 3.05) is 31.3 Å². The van der Waals surface area contributed by atoms with Crippen LogP contribution in [0.3, 0.4) is 0 Å². The Morgan fingerprint density at radius 2 is 1.79 bits per heavy atom. The molecule has 9 nitrogen and oxygen atoms in total.